The molecule has 0 saturated carbocycles. The monoisotopic (exact) mass is 172 g/mol. The van der Waals surface area contributed by atoms with Gasteiger partial charge in [0.15, 0.2) is 0 Å². The fourth-order valence-electron chi connectivity index (χ4n) is 1.03. The second kappa shape index (κ2) is 5.60. The van der Waals surface area contributed by atoms with Gasteiger partial charge in [-0.3, -0.25) is 0 Å². The number of carboxylic acid groups (broad SMARTS) is 1. The molecular weight excluding hydrogens is 156 g/mol. The molecule has 0 aliphatic heterocycles. The van der Waals surface area contributed by atoms with Crippen LogP contribution >= 0.6 is 0 Å². The summed E-state index contributed by atoms with van der Waals surface area (Å²) in [5.41, 5.74) is 5.45. The molecule has 4 nitrogen and oxygen atoms in total. The molecule has 0 aliphatic carbocycles. The fourth-order valence-corrected chi connectivity index (χ4v) is 1.03. The van der Waals surface area contributed by atoms with Gasteiger partial charge in [-0.25, -0.2) is 4.79 Å². The average Bonchev–Trinajstić information content (AvgIpc) is 1.98. The molecule has 0 aromatic carbocycles. The third kappa shape index (κ3) is 3.98. The summed E-state index contributed by atoms with van der Waals surface area (Å²) in [6, 6.07) is -0.120. The van der Waals surface area contributed by atoms with Crippen LogP contribution in [0.15, 0.2) is 12.7 Å². The number of allylic oxidation sites excluding steroid dienone is 1. The first-order chi connectivity index (χ1) is 5.61. The van der Waals surface area contributed by atoms with Crippen LogP contribution in [-0.2, 0) is 0 Å². The third-order valence-electron chi connectivity index (χ3n) is 1.83. The molecule has 0 bridgehead atoms. The van der Waals surface area contributed by atoms with E-state index in [1.807, 2.05) is 0 Å². The third-order valence-corrected chi connectivity index (χ3v) is 1.83. The van der Waals surface area contributed by atoms with E-state index in [0.29, 0.717) is 6.54 Å². The lowest BCUT2D eigenvalue weighted by Gasteiger charge is -2.20. The molecule has 4 heteroatoms. The SMILES string of the molecule is C=CCC(CN)C(C)NC(=O)O. The largest absolute Gasteiger partial charge is 0.465 e. The predicted octanol–water partition coefficient (Wildman–Crippen LogP) is 0.794. The smallest absolute Gasteiger partial charge is 0.404 e. The Kier molecular flexibility index (Phi) is 5.12. The lowest BCUT2D eigenvalue weighted by molar-refractivity contribution is 0.186. The minimum absolute atomic E-state index is 0.120. The van der Waals surface area contributed by atoms with Crippen LogP contribution in [0.3, 0.4) is 0 Å². The van der Waals surface area contributed by atoms with E-state index in [-0.39, 0.29) is 12.0 Å². The summed E-state index contributed by atoms with van der Waals surface area (Å²) in [4.78, 5) is 10.3. The molecule has 0 heterocycles. The van der Waals surface area contributed by atoms with Crippen molar-refractivity contribution >= 4 is 6.09 Å². The number of nitrogens with two attached hydrogens (primary N) is 1. The maximum atomic E-state index is 10.3. The first-order valence-corrected chi connectivity index (χ1v) is 3.92. The van der Waals surface area contributed by atoms with Crippen molar-refractivity contribution in [1.29, 1.82) is 0 Å². The summed E-state index contributed by atoms with van der Waals surface area (Å²) in [6.45, 7) is 5.85. The summed E-state index contributed by atoms with van der Waals surface area (Å²) in [7, 11) is 0. The van der Waals surface area contributed by atoms with Gasteiger partial charge in [-0.1, -0.05) is 6.08 Å². The summed E-state index contributed by atoms with van der Waals surface area (Å²) < 4.78 is 0. The molecule has 1 amide bonds. The van der Waals surface area contributed by atoms with Gasteiger partial charge in [0.05, 0.1) is 0 Å². The van der Waals surface area contributed by atoms with Crippen molar-refractivity contribution in [2.24, 2.45) is 11.7 Å². The molecule has 0 radical (unpaired) electrons. The highest BCUT2D eigenvalue weighted by atomic mass is 16.4. The van der Waals surface area contributed by atoms with Crippen molar-refractivity contribution in [3.8, 4) is 0 Å². The predicted molar refractivity (Wildman–Crippen MR) is 48.0 cm³/mol. The molecule has 0 rings (SSSR count). The van der Waals surface area contributed by atoms with E-state index >= 15 is 0 Å². The normalized spacial score (nSPS) is 14.8. The fraction of sp³-hybridized carbons (Fsp3) is 0.625. The van der Waals surface area contributed by atoms with Crippen LogP contribution in [-0.4, -0.2) is 23.8 Å². The highest BCUT2D eigenvalue weighted by Gasteiger charge is 2.15. The van der Waals surface area contributed by atoms with Crippen molar-refractivity contribution in [2.45, 2.75) is 19.4 Å². The topological polar surface area (TPSA) is 75.3 Å². The molecule has 2 atom stereocenters. The van der Waals surface area contributed by atoms with Gasteiger partial charge < -0.3 is 16.2 Å². The average molecular weight is 172 g/mol. The van der Waals surface area contributed by atoms with E-state index in [1.165, 1.54) is 0 Å². The van der Waals surface area contributed by atoms with Gasteiger partial charge in [0.25, 0.3) is 0 Å². The standard InChI is InChI=1S/C8H16N2O2/c1-3-4-7(5-9)6(2)10-8(11)12/h3,6-7,10H,1,4-5,9H2,2H3,(H,11,12). The first-order valence-electron chi connectivity index (χ1n) is 3.92. The molecule has 12 heavy (non-hydrogen) atoms. The van der Waals surface area contributed by atoms with Crippen LogP contribution in [0.2, 0.25) is 0 Å². The molecule has 0 fully saturated rings. The van der Waals surface area contributed by atoms with Gasteiger partial charge >= 0.3 is 6.09 Å². The zero-order valence-corrected chi connectivity index (χ0v) is 7.29. The number of amides is 1. The Bertz CT molecular complexity index is 159. The summed E-state index contributed by atoms with van der Waals surface area (Å²) in [6.07, 6.45) is 1.47. The van der Waals surface area contributed by atoms with Crippen molar-refractivity contribution < 1.29 is 9.90 Å². The Morgan fingerprint density at radius 2 is 2.42 bits per heavy atom. The molecule has 4 N–H and O–H groups in total. The van der Waals surface area contributed by atoms with Crippen molar-refractivity contribution in [1.82, 2.24) is 5.32 Å². The van der Waals surface area contributed by atoms with E-state index in [1.54, 1.807) is 13.0 Å². The zero-order valence-electron chi connectivity index (χ0n) is 7.29. The Labute approximate surface area is 72.4 Å². The van der Waals surface area contributed by atoms with Gasteiger partial charge in [0.2, 0.25) is 0 Å². The molecule has 2 unspecified atom stereocenters. The Balaban J connectivity index is 3.92. The Hall–Kier alpha value is -1.03. The minimum atomic E-state index is -1.01. The highest BCUT2D eigenvalue weighted by Crippen LogP contribution is 2.07. The Morgan fingerprint density at radius 1 is 1.83 bits per heavy atom. The Morgan fingerprint density at radius 3 is 2.75 bits per heavy atom. The first kappa shape index (κ1) is 11.0. The highest BCUT2D eigenvalue weighted by molar-refractivity contribution is 5.64. The van der Waals surface area contributed by atoms with Crippen LogP contribution in [0.1, 0.15) is 13.3 Å². The van der Waals surface area contributed by atoms with Gasteiger partial charge in [0.1, 0.15) is 0 Å². The van der Waals surface area contributed by atoms with E-state index in [9.17, 15) is 4.79 Å². The van der Waals surface area contributed by atoms with Crippen LogP contribution < -0.4 is 11.1 Å². The maximum absolute atomic E-state index is 10.3. The van der Waals surface area contributed by atoms with Gasteiger partial charge in [-0.15, -0.1) is 6.58 Å². The molecule has 0 aliphatic rings. The van der Waals surface area contributed by atoms with E-state index in [4.69, 9.17) is 10.8 Å². The molecule has 0 saturated heterocycles. The van der Waals surface area contributed by atoms with Crippen LogP contribution in [0.5, 0.6) is 0 Å². The van der Waals surface area contributed by atoms with Crippen molar-refractivity contribution in [2.75, 3.05) is 6.54 Å². The van der Waals surface area contributed by atoms with Crippen LogP contribution in [0, 0.1) is 5.92 Å². The second-order valence-corrected chi connectivity index (χ2v) is 2.76. The maximum Gasteiger partial charge on any atom is 0.404 e. The molecule has 0 spiro atoms. The van der Waals surface area contributed by atoms with Gasteiger partial charge in [-0.2, -0.15) is 0 Å². The van der Waals surface area contributed by atoms with Crippen molar-refractivity contribution in [3.63, 3.8) is 0 Å². The van der Waals surface area contributed by atoms with Gasteiger partial charge in [0, 0.05) is 6.04 Å². The molecular formula is C8H16N2O2. The van der Waals surface area contributed by atoms with Crippen molar-refractivity contribution in [3.05, 3.63) is 12.7 Å². The lowest BCUT2D eigenvalue weighted by Crippen LogP contribution is -2.40. The second-order valence-electron chi connectivity index (χ2n) is 2.76. The molecule has 70 valence electrons. The number of hydrogen-bond acceptors (Lipinski definition) is 2. The van der Waals surface area contributed by atoms with E-state index in [2.05, 4.69) is 11.9 Å². The van der Waals surface area contributed by atoms with Crippen LogP contribution in [0.4, 0.5) is 4.79 Å². The number of hydrogen-bond donors (Lipinski definition) is 3. The lowest BCUT2D eigenvalue weighted by atomic mass is 9.98. The van der Waals surface area contributed by atoms with Gasteiger partial charge in [-0.05, 0) is 25.8 Å². The number of nitrogens with one attached hydrogen (secondary N) is 1. The minimum Gasteiger partial charge on any atom is -0.465 e. The number of carbonyl (C=O) groups is 1. The zero-order chi connectivity index (χ0) is 9.56. The quantitative estimate of drug-likeness (QED) is 0.537. The molecule has 0 aromatic heterocycles. The van der Waals surface area contributed by atoms with E-state index < -0.39 is 6.09 Å². The summed E-state index contributed by atoms with van der Waals surface area (Å²) in [5.74, 6) is 0.138. The summed E-state index contributed by atoms with van der Waals surface area (Å²) in [5, 5.41) is 10.8. The summed E-state index contributed by atoms with van der Waals surface area (Å²) >= 11 is 0. The van der Waals surface area contributed by atoms with Crippen LogP contribution in [0.25, 0.3) is 0 Å². The van der Waals surface area contributed by atoms with E-state index in [0.717, 1.165) is 6.42 Å². The number of rotatable bonds is 5. The molecule has 0 aromatic rings.